The van der Waals surface area contributed by atoms with Crippen LogP contribution in [0.25, 0.3) is 0 Å². The summed E-state index contributed by atoms with van der Waals surface area (Å²) in [6.07, 6.45) is 3.61. The van der Waals surface area contributed by atoms with Crippen LogP contribution < -0.4 is 5.73 Å². The second-order valence-electron chi connectivity index (χ2n) is 5.06. The highest BCUT2D eigenvalue weighted by Gasteiger charge is 2.20. The summed E-state index contributed by atoms with van der Waals surface area (Å²) in [4.78, 5) is 0.441. The third-order valence-electron chi connectivity index (χ3n) is 3.34. The molecule has 1 aliphatic rings. The Labute approximate surface area is 125 Å². The van der Waals surface area contributed by atoms with E-state index in [-0.39, 0.29) is 22.2 Å². The van der Waals surface area contributed by atoms with Crippen LogP contribution in [0.15, 0.2) is 29.2 Å². The molecule has 20 heavy (non-hydrogen) atoms. The average molecular weight is 313 g/mol. The fraction of sp³-hybridized carbons (Fsp3) is 0.500. The predicted molar refractivity (Wildman–Crippen MR) is 82.5 cm³/mol. The van der Waals surface area contributed by atoms with Crippen LogP contribution in [0.1, 0.15) is 24.8 Å². The van der Waals surface area contributed by atoms with Crippen LogP contribution in [0.5, 0.6) is 0 Å². The summed E-state index contributed by atoms with van der Waals surface area (Å²) < 4.78 is 29.7. The molecule has 0 radical (unpaired) electrons. The third kappa shape index (κ3) is 4.54. The zero-order valence-electron chi connectivity index (χ0n) is 11.2. The SMILES string of the molecule is NC(=S)c1cccc(S(=O)(=O)CCOCCC2CC2)c1. The molecule has 0 bridgehead atoms. The molecule has 0 amide bonds. The van der Waals surface area contributed by atoms with E-state index in [4.69, 9.17) is 22.7 Å². The van der Waals surface area contributed by atoms with E-state index in [1.54, 1.807) is 18.2 Å². The Hall–Kier alpha value is -0.980. The van der Waals surface area contributed by atoms with E-state index in [2.05, 4.69) is 0 Å². The monoisotopic (exact) mass is 313 g/mol. The van der Waals surface area contributed by atoms with Crippen LogP contribution in [0.3, 0.4) is 0 Å². The van der Waals surface area contributed by atoms with Crippen molar-refractivity contribution in [2.24, 2.45) is 11.7 Å². The van der Waals surface area contributed by atoms with Crippen molar-refractivity contribution >= 4 is 27.0 Å². The molecule has 2 rings (SSSR count). The number of hydrogen-bond acceptors (Lipinski definition) is 4. The Morgan fingerprint density at radius 2 is 2.10 bits per heavy atom. The van der Waals surface area contributed by atoms with Crippen LogP contribution >= 0.6 is 12.2 Å². The molecule has 110 valence electrons. The Morgan fingerprint density at radius 1 is 1.35 bits per heavy atom. The minimum absolute atomic E-state index is 0.0154. The number of thiocarbonyl (C=S) groups is 1. The third-order valence-corrected chi connectivity index (χ3v) is 5.25. The molecule has 2 N–H and O–H groups in total. The fourth-order valence-electron chi connectivity index (χ4n) is 1.89. The van der Waals surface area contributed by atoms with Crippen molar-refractivity contribution in [3.63, 3.8) is 0 Å². The van der Waals surface area contributed by atoms with Gasteiger partial charge in [-0.2, -0.15) is 0 Å². The second kappa shape index (κ2) is 6.65. The first kappa shape index (κ1) is 15.4. The van der Waals surface area contributed by atoms with Gasteiger partial charge in [-0.05, 0) is 24.5 Å². The van der Waals surface area contributed by atoms with Gasteiger partial charge in [0.15, 0.2) is 9.84 Å². The second-order valence-corrected chi connectivity index (χ2v) is 7.60. The molecule has 0 unspecified atom stereocenters. The van der Waals surface area contributed by atoms with Crippen LogP contribution in [-0.4, -0.2) is 32.4 Å². The first-order valence-corrected chi connectivity index (χ1v) is 8.75. The van der Waals surface area contributed by atoms with Gasteiger partial charge in [-0.25, -0.2) is 8.42 Å². The molecule has 0 aromatic heterocycles. The Morgan fingerprint density at radius 3 is 2.75 bits per heavy atom. The lowest BCUT2D eigenvalue weighted by Gasteiger charge is -2.07. The quantitative estimate of drug-likeness (QED) is 0.586. The first-order valence-electron chi connectivity index (χ1n) is 6.69. The molecular weight excluding hydrogens is 294 g/mol. The van der Waals surface area contributed by atoms with E-state index in [0.29, 0.717) is 12.2 Å². The minimum Gasteiger partial charge on any atom is -0.389 e. The summed E-state index contributed by atoms with van der Waals surface area (Å²) >= 11 is 4.86. The van der Waals surface area contributed by atoms with E-state index in [1.807, 2.05) is 0 Å². The number of benzene rings is 1. The van der Waals surface area contributed by atoms with Gasteiger partial charge in [0.25, 0.3) is 0 Å². The van der Waals surface area contributed by atoms with Crippen LogP contribution in [-0.2, 0) is 14.6 Å². The largest absolute Gasteiger partial charge is 0.389 e. The highest BCUT2D eigenvalue weighted by atomic mass is 32.2. The van der Waals surface area contributed by atoms with Crippen molar-refractivity contribution < 1.29 is 13.2 Å². The average Bonchev–Trinajstić information content (AvgIpc) is 3.22. The molecule has 0 saturated heterocycles. The van der Waals surface area contributed by atoms with Crippen molar-refractivity contribution in [3.05, 3.63) is 29.8 Å². The molecule has 0 aliphatic heterocycles. The van der Waals surface area contributed by atoms with E-state index < -0.39 is 9.84 Å². The highest BCUT2D eigenvalue weighted by molar-refractivity contribution is 7.91. The Bertz CT molecular complexity index is 580. The molecule has 1 fully saturated rings. The van der Waals surface area contributed by atoms with Crippen molar-refractivity contribution in [2.75, 3.05) is 19.0 Å². The smallest absolute Gasteiger partial charge is 0.180 e. The zero-order chi connectivity index (χ0) is 14.6. The summed E-state index contributed by atoms with van der Waals surface area (Å²) in [5.41, 5.74) is 6.08. The summed E-state index contributed by atoms with van der Waals surface area (Å²) in [5.74, 6) is 0.784. The van der Waals surface area contributed by atoms with Crippen LogP contribution in [0, 0.1) is 5.92 Å². The lowest BCUT2D eigenvalue weighted by molar-refractivity contribution is 0.142. The first-order chi connectivity index (χ1) is 9.49. The number of nitrogens with two attached hydrogens (primary N) is 1. The summed E-state index contributed by atoms with van der Waals surface area (Å²) in [6.45, 7) is 0.874. The number of ether oxygens (including phenoxy) is 1. The molecule has 1 aliphatic carbocycles. The maximum atomic E-state index is 12.2. The molecule has 1 saturated carbocycles. The van der Waals surface area contributed by atoms with Gasteiger partial charge >= 0.3 is 0 Å². The maximum absolute atomic E-state index is 12.2. The molecular formula is C14H19NO3S2. The van der Waals surface area contributed by atoms with Crippen molar-refractivity contribution in [1.82, 2.24) is 0 Å². The summed E-state index contributed by atoms with van der Waals surface area (Å²) in [7, 11) is -3.34. The standard InChI is InChI=1S/C14H19NO3S2/c15-14(19)12-2-1-3-13(10-12)20(16,17)9-8-18-7-6-11-4-5-11/h1-3,10-11H,4-9H2,(H2,15,19). The van der Waals surface area contributed by atoms with Gasteiger partial charge in [-0.15, -0.1) is 0 Å². The van der Waals surface area contributed by atoms with Crippen LogP contribution in [0.4, 0.5) is 0 Å². The number of sulfone groups is 1. The molecule has 1 aromatic rings. The van der Waals surface area contributed by atoms with Gasteiger partial charge in [0.2, 0.25) is 0 Å². The van der Waals surface area contributed by atoms with E-state index in [0.717, 1.165) is 12.3 Å². The zero-order valence-corrected chi connectivity index (χ0v) is 12.9. The van der Waals surface area contributed by atoms with E-state index in [1.165, 1.54) is 18.9 Å². The minimum atomic E-state index is -3.34. The predicted octanol–water partition coefficient (Wildman–Crippen LogP) is 1.91. The van der Waals surface area contributed by atoms with E-state index in [9.17, 15) is 8.42 Å². The molecule has 1 aromatic carbocycles. The van der Waals surface area contributed by atoms with Gasteiger partial charge in [0.05, 0.1) is 17.3 Å². The van der Waals surface area contributed by atoms with Gasteiger partial charge < -0.3 is 10.5 Å². The maximum Gasteiger partial charge on any atom is 0.180 e. The molecule has 6 heteroatoms. The lowest BCUT2D eigenvalue weighted by atomic mass is 10.2. The normalized spacial score (nSPS) is 15.2. The van der Waals surface area contributed by atoms with Gasteiger partial charge in [0, 0.05) is 12.2 Å². The van der Waals surface area contributed by atoms with Crippen molar-refractivity contribution in [2.45, 2.75) is 24.2 Å². The number of hydrogen-bond donors (Lipinski definition) is 1. The van der Waals surface area contributed by atoms with E-state index >= 15 is 0 Å². The number of rotatable bonds is 8. The Balaban J connectivity index is 1.88. The Kier molecular flexibility index (Phi) is 5.12. The van der Waals surface area contributed by atoms with Gasteiger partial charge in [-0.3, -0.25) is 0 Å². The summed E-state index contributed by atoms with van der Waals surface area (Å²) in [5, 5.41) is 0. The van der Waals surface area contributed by atoms with Crippen LogP contribution in [0.2, 0.25) is 0 Å². The lowest BCUT2D eigenvalue weighted by Crippen LogP contribution is -2.15. The molecule has 0 atom stereocenters. The fourth-order valence-corrected chi connectivity index (χ4v) is 3.18. The van der Waals surface area contributed by atoms with Crippen molar-refractivity contribution in [3.8, 4) is 0 Å². The highest BCUT2D eigenvalue weighted by Crippen LogP contribution is 2.32. The van der Waals surface area contributed by atoms with Gasteiger partial charge in [-0.1, -0.05) is 37.2 Å². The summed E-state index contributed by atoms with van der Waals surface area (Å²) in [6, 6.07) is 6.42. The van der Waals surface area contributed by atoms with Gasteiger partial charge in [0.1, 0.15) is 4.99 Å². The molecule has 4 nitrogen and oxygen atoms in total. The molecule has 0 spiro atoms. The molecule has 0 heterocycles. The topological polar surface area (TPSA) is 69.4 Å². The van der Waals surface area contributed by atoms with Crippen molar-refractivity contribution in [1.29, 1.82) is 0 Å².